The standard InChI is InChI=1S/C19H19N5O3/c1-11-17-12(2)27-23-18(17)19(26)24(22-11)10-16(25)20-8-7-13-9-21-15-6-4-3-5-14(13)15/h3-6,9,21H,7-8,10H2,1-2H3,(H,20,25). The normalized spacial score (nSPS) is 11.3. The number of para-hydroxylation sites is 1. The highest BCUT2D eigenvalue weighted by molar-refractivity contribution is 5.83. The van der Waals surface area contributed by atoms with Crippen molar-refractivity contribution in [1.82, 2.24) is 25.2 Å². The molecule has 1 amide bonds. The van der Waals surface area contributed by atoms with E-state index >= 15 is 0 Å². The molecule has 8 heteroatoms. The fourth-order valence-electron chi connectivity index (χ4n) is 3.32. The average Bonchev–Trinajstić information content (AvgIpc) is 3.24. The van der Waals surface area contributed by atoms with Crippen LogP contribution in [0.2, 0.25) is 0 Å². The van der Waals surface area contributed by atoms with Gasteiger partial charge in [-0.1, -0.05) is 23.4 Å². The van der Waals surface area contributed by atoms with Crippen molar-refractivity contribution in [3.8, 4) is 0 Å². The molecule has 0 aliphatic carbocycles. The van der Waals surface area contributed by atoms with Crippen LogP contribution in [-0.2, 0) is 17.8 Å². The Hall–Kier alpha value is -3.42. The molecule has 27 heavy (non-hydrogen) atoms. The molecule has 0 bridgehead atoms. The van der Waals surface area contributed by atoms with Crippen molar-refractivity contribution in [3.05, 3.63) is 57.8 Å². The van der Waals surface area contributed by atoms with E-state index < -0.39 is 5.56 Å². The van der Waals surface area contributed by atoms with Crippen LogP contribution in [0, 0.1) is 13.8 Å². The molecule has 2 N–H and O–H groups in total. The predicted octanol–water partition coefficient (Wildman–Crippen LogP) is 1.84. The summed E-state index contributed by atoms with van der Waals surface area (Å²) >= 11 is 0. The quantitative estimate of drug-likeness (QED) is 0.561. The van der Waals surface area contributed by atoms with Crippen LogP contribution in [0.3, 0.4) is 0 Å². The van der Waals surface area contributed by atoms with Crippen LogP contribution in [0.5, 0.6) is 0 Å². The van der Waals surface area contributed by atoms with E-state index in [1.807, 2.05) is 30.5 Å². The molecule has 8 nitrogen and oxygen atoms in total. The highest BCUT2D eigenvalue weighted by Gasteiger charge is 2.16. The summed E-state index contributed by atoms with van der Waals surface area (Å²) in [6, 6.07) is 8.02. The van der Waals surface area contributed by atoms with Gasteiger partial charge in [-0.3, -0.25) is 9.59 Å². The minimum Gasteiger partial charge on any atom is -0.361 e. The number of aromatic amines is 1. The molecule has 0 saturated carbocycles. The van der Waals surface area contributed by atoms with Crippen molar-refractivity contribution in [2.24, 2.45) is 0 Å². The second-order valence-corrected chi connectivity index (χ2v) is 6.47. The van der Waals surface area contributed by atoms with Gasteiger partial charge in [0.25, 0.3) is 5.56 Å². The number of fused-ring (bicyclic) bond motifs is 2. The number of carbonyl (C=O) groups excluding carboxylic acids is 1. The summed E-state index contributed by atoms with van der Waals surface area (Å²) in [7, 11) is 0. The van der Waals surface area contributed by atoms with Crippen molar-refractivity contribution < 1.29 is 9.32 Å². The molecule has 1 aromatic carbocycles. The first kappa shape index (κ1) is 17.0. The molecule has 3 aromatic heterocycles. The summed E-state index contributed by atoms with van der Waals surface area (Å²) in [5.41, 5.74) is 2.58. The highest BCUT2D eigenvalue weighted by atomic mass is 16.5. The van der Waals surface area contributed by atoms with E-state index in [-0.39, 0.29) is 18.0 Å². The Kier molecular flexibility index (Phi) is 4.23. The van der Waals surface area contributed by atoms with E-state index in [2.05, 4.69) is 20.6 Å². The number of hydrogen-bond donors (Lipinski definition) is 2. The summed E-state index contributed by atoms with van der Waals surface area (Å²) in [6.07, 6.45) is 2.64. The van der Waals surface area contributed by atoms with Crippen LogP contribution in [0.25, 0.3) is 21.8 Å². The van der Waals surface area contributed by atoms with Gasteiger partial charge in [0.2, 0.25) is 5.91 Å². The lowest BCUT2D eigenvalue weighted by Gasteiger charge is -2.07. The number of nitrogens with one attached hydrogen (secondary N) is 2. The lowest BCUT2D eigenvalue weighted by Crippen LogP contribution is -2.35. The number of hydrogen-bond acceptors (Lipinski definition) is 5. The SMILES string of the molecule is Cc1nn(CC(=O)NCCc2c[nH]c3ccccc23)c(=O)c2noc(C)c12. The van der Waals surface area contributed by atoms with Gasteiger partial charge in [-0.2, -0.15) is 5.10 Å². The van der Waals surface area contributed by atoms with Crippen molar-refractivity contribution in [3.63, 3.8) is 0 Å². The molecule has 0 unspecified atom stereocenters. The second-order valence-electron chi connectivity index (χ2n) is 6.47. The summed E-state index contributed by atoms with van der Waals surface area (Å²) in [6.45, 7) is 3.80. The lowest BCUT2D eigenvalue weighted by atomic mass is 10.1. The van der Waals surface area contributed by atoms with Crippen LogP contribution < -0.4 is 10.9 Å². The number of carbonyl (C=O) groups is 1. The molecule has 0 spiro atoms. The molecule has 4 aromatic rings. The van der Waals surface area contributed by atoms with Crippen molar-refractivity contribution in [2.75, 3.05) is 6.54 Å². The van der Waals surface area contributed by atoms with Crippen LogP contribution in [0.4, 0.5) is 0 Å². The van der Waals surface area contributed by atoms with Gasteiger partial charge in [0.05, 0.1) is 11.1 Å². The minimum absolute atomic E-state index is 0.157. The summed E-state index contributed by atoms with van der Waals surface area (Å²) < 4.78 is 6.20. The third-order valence-electron chi connectivity index (χ3n) is 4.62. The third-order valence-corrected chi connectivity index (χ3v) is 4.62. The molecule has 0 atom stereocenters. The van der Waals surface area contributed by atoms with Gasteiger partial charge >= 0.3 is 0 Å². The Morgan fingerprint density at radius 2 is 2.11 bits per heavy atom. The molecule has 0 fully saturated rings. The van der Waals surface area contributed by atoms with Gasteiger partial charge < -0.3 is 14.8 Å². The lowest BCUT2D eigenvalue weighted by molar-refractivity contribution is -0.121. The molecular formula is C19H19N5O3. The number of benzene rings is 1. The fourth-order valence-corrected chi connectivity index (χ4v) is 3.32. The van der Waals surface area contributed by atoms with E-state index in [1.165, 1.54) is 0 Å². The predicted molar refractivity (Wildman–Crippen MR) is 101 cm³/mol. The Morgan fingerprint density at radius 3 is 2.96 bits per heavy atom. The molecule has 0 saturated heterocycles. The number of nitrogens with zero attached hydrogens (tertiary/aromatic N) is 3. The largest absolute Gasteiger partial charge is 0.361 e. The number of rotatable bonds is 5. The number of H-pyrrole nitrogens is 1. The summed E-state index contributed by atoms with van der Waals surface area (Å²) in [5.74, 6) is 0.269. The van der Waals surface area contributed by atoms with E-state index in [1.54, 1.807) is 13.8 Å². The fraction of sp³-hybridized carbons (Fsp3) is 0.263. The Bertz CT molecular complexity index is 1200. The zero-order valence-electron chi connectivity index (χ0n) is 15.1. The average molecular weight is 365 g/mol. The highest BCUT2D eigenvalue weighted by Crippen LogP contribution is 2.18. The molecule has 0 aliphatic heterocycles. The first-order chi connectivity index (χ1) is 13.0. The van der Waals surface area contributed by atoms with Crippen LogP contribution in [0.15, 0.2) is 39.8 Å². The van der Waals surface area contributed by atoms with E-state index in [4.69, 9.17) is 4.52 Å². The van der Waals surface area contributed by atoms with Gasteiger partial charge in [0.15, 0.2) is 5.52 Å². The number of aryl methyl sites for hydroxylation is 2. The van der Waals surface area contributed by atoms with Crippen molar-refractivity contribution in [1.29, 1.82) is 0 Å². The molecule has 4 rings (SSSR count). The summed E-state index contributed by atoms with van der Waals surface area (Å²) in [5, 5.41) is 12.6. The maximum Gasteiger partial charge on any atom is 0.297 e. The van der Waals surface area contributed by atoms with Gasteiger partial charge in [-0.05, 0) is 31.9 Å². The number of amides is 1. The minimum atomic E-state index is -0.431. The zero-order chi connectivity index (χ0) is 19.0. The van der Waals surface area contributed by atoms with Gasteiger partial charge in [-0.15, -0.1) is 0 Å². The van der Waals surface area contributed by atoms with Gasteiger partial charge in [0.1, 0.15) is 12.3 Å². The third kappa shape index (κ3) is 3.10. The second kappa shape index (κ2) is 6.71. The first-order valence-corrected chi connectivity index (χ1v) is 8.70. The zero-order valence-corrected chi connectivity index (χ0v) is 15.1. The molecule has 138 valence electrons. The van der Waals surface area contributed by atoms with Crippen LogP contribution >= 0.6 is 0 Å². The summed E-state index contributed by atoms with van der Waals surface area (Å²) in [4.78, 5) is 27.9. The van der Waals surface area contributed by atoms with E-state index in [0.717, 1.165) is 21.1 Å². The maximum atomic E-state index is 12.4. The van der Waals surface area contributed by atoms with Gasteiger partial charge in [0, 0.05) is 23.6 Å². The van der Waals surface area contributed by atoms with Crippen LogP contribution in [0.1, 0.15) is 17.0 Å². The van der Waals surface area contributed by atoms with E-state index in [0.29, 0.717) is 29.8 Å². The topological polar surface area (TPSA) is 106 Å². The molecular weight excluding hydrogens is 346 g/mol. The van der Waals surface area contributed by atoms with Crippen molar-refractivity contribution in [2.45, 2.75) is 26.8 Å². The molecule has 0 radical (unpaired) electrons. The first-order valence-electron chi connectivity index (χ1n) is 8.70. The van der Waals surface area contributed by atoms with Crippen molar-refractivity contribution >= 4 is 27.7 Å². The Balaban J connectivity index is 1.43. The Labute approximate surface area is 154 Å². The number of aromatic nitrogens is 4. The molecule has 3 heterocycles. The Morgan fingerprint density at radius 1 is 1.30 bits per heavy atom. The maximum absolute atomic E-state index is 12.4. The smallest absolute Gasteiger partial charge is 0.297 e. The van der Waals surface area contributed by atoms with Crippen LogP contribution in [-0.4, -0.2) is 32.4 Å². The van der Waals surface area contributed by atoms with Gasteiger partial charge in [-0.25, -0.2) is 4.68 Å². The molecule has 0 aliphatic rings. The van der Waals surface area contributed by atoms with E-state index in [9.17, 15) is 9.59 Å². The monoisotopic (exact) mass is 365 g/mol.